The van der Waals surface area contributed by atoms with Gasteiger partial charge in [0.05, 0.1) is 6.42 Å². The summed E-state index contributed by atoms with van der Waals surface area (Å²) in [6.45, 7) is -1.43. The Morgan fingerprint density at radius 1 is 1.25 bits per heavy atom. The maximum Gasteiger partial charge on any atom is 0.422 e. The molecule has 0 atom stereocenters. The molecule has 1 aromatic rings. The van der Waals surface area contributed by atoms with Gasteiger partial charge in [0.25, 0.3) is 0 Å². The Balaban J connectivity index is 2.55. The van der Waals surface area contributed by atoms with Crippen molar-refractivity contribution in [2.45, 2.75) is 19.0 Å². The predicted molar refractivity (Wildman–Crippen MR) is 63.5 cm³/mol. The third-order valence-corrected chi connectivity index (χ3v) is 2.09. The second-order valence-electron chi connectivity index (χ2n) is 3.87. The molecule has 0 fully saturated rings. The van der Waals surface area contributed by atoms with Crippen molar-refractivity contribution >= 4 is 17.6 Å². The van der Waals surface area contributed by atoms with E-state index >= 15 is 0 Å². The lowest BCUT2D eigenvalue weighted by Crippen LogP contribution is -2.19. The number of anilines is 1. The van der Waals surface area contributed by atoms with Crippen LogP contribution in [0.15, 0.2) is 24.3 Å². The second-order valence-corrected chi connectivity index (χ2v) is 3.87. The first kappa shape index (κ1) is 15.8. The fourth-order valence-electron chi connectivity index (χ4n) is 1.27. The van der Waals surface area contributed by atoms with Crippen LogP contribution in [0.5, 0.6) is 5.75 Å². The van der Waals surface area contributed by atoms with Crippen molar-refractivity contribution in [3.05, 3.63) is 24.3 Å². The van der Waals surface area contributed by atoms with E-state index in [1.165, 1.54) is 24.3 Å². The normalized spacial score (nSPS) is 10.9. The van der Waals surface area contributed by atoms with Crippen LogP contribution in [0.25, 0.3) is 0 Å². The Kier molecular flexibility index (Phi) is 5.36. The number of halogens is 3. The van der Waals surface area contributed by atoms with Crippen LogP contribution in [-0.2, 0) is 9.59 Å². The average Bonchev–Trinajstić information content (AvgIpc) is 2.34. The largest absolute Gasteiger partial charge is 0.484 e. The average molecular weight is 291 g/mol. The van der Waals surface area contributed by atoms with Crippen molar-refractivity contribution in [3.8, 4) is 5.75 Å². The SMILES string of the molecule is O=C(O)CCC(=O)Nc1cccc(OCC(F)(F)F)c1. The van der Waals surface area contributed by atoms with Crippen LogP contribution in [0.4, 0.5) is 18.9 Å². The van der Waals surface area contributed by atoms with Crippen LogP contribution in [-0.4, -0.2) is 29.8 Å². The third kappa shape index (κ3) is 6.62. The summed E-state index contributed by atoms with van der Waals surface area (Å²) in [7, 11) is 0. The molecule has 0 unspecified atom stereocenters. The number of amides is 1. The number of rotatable bonds is 6. The number of alkyl halides is 3. The fourth-order valence-corrected chi connectivity index (χ4v) is 1.27. The summed E-state index contributed by atoms with van der Waals surface area (Å²) in [5.41, 5.74) is 0.236. The predicted octanol–water partition coefficient (Wildman–Crippen LogP) is 2.43. The molecule has 1 amide bonds. The highest BCUT2D eigenvalue weighted by Crippen LogP contribution is 2.21. The number of aliphatic carboxylic acids is 1. The monoisotopic (exact) mass is 291 g/mol. The van der Waals surface area contributed by atoms with Crippen molar-refractivity contribution in [1.82, 2.24) is 0 Å². The molecule has 0 aromatic heterocycles. The minimum atomic E-state index is -4.44. The zero-order valence-electron chi connectivity index (χ0n) is 10.2. The van der Waals surface area contributed by atoms with Gasteiger partial charge in [0, 0.05) is 18.2 Å². The fraction of sp³-hybridized carbons (Fsp3) is 0.333. The molecule has 0 saturated carbocycles. The number of benzene rings is 1. The zero-order chi connectivity index (χ0) is 15.2. The molecule has 1 rings (SSSR count). The molecule has 0 radical (unpaired) electrons. The summed E-state index contributed by atoms with van der Waals surface area (Å²) < 4.78 is 40.5. The van der Waals surface area contributed by atoms with Gasteiger partial charge in [-0.3, -0.25) is 9.59 Å². The van der Waals surface area contributed by atoms with Crippen molar-refractivity contribution < 1.29 is 32.6 Å². The lowest BCUT2D eigenvalue weighted by molar-refractivity contribution is -0.153. The van der Waals surface area contributed by atoms with Gasteiger partial charge >= 0.3 is 12.1 Å². The molecule has 2 N–H and O–H groups in total. The molecule has 0 bridgehead atoms. The van der Waals surface area contributed by atoms with E-state index in [1.807, 2.05) is 0 Å². The Labute approximate surface area is 112 Å². The molecule has 0 spiro atoms. The molecule has 110 valence electrons. The molecule has 0 aliphatic carbocycles. The van der Waals surface area contributed by atoms with Crippen LogP contribution in [0.2, 0.25) is 0 Å². The van der Waals surface area contributed by atoms with Gasteiger partial charge in [-0.1, -0.05) is 6.07 Å². The van der Waals surface area contributed by atoms with Crippen LogP contribution >= 0.6 is 0 Å². The third-order valence-electron chi connectivity index (χ3n) is 2.09. The van der Waals surface area contributed by atoms with E-state index in [4.69, 9.17) is 5.11 Å². The van der Waals surface area contributed by atoms with E-state index in [0.29, 0.717) is 0 Å². The van der Waals surface area contributed by atoms with Crippen molar-refractivity contribution in [1.29, 1.82) is 0 Å². The van der Waals surface area contributed by atoms with Gasteiger partial charge in [-0.25, -0.2) is 0 Å². The summed E-state index contributed by atoms with van der Waals surface area (Å²) in [5.74, 6) is -1.69. The minimum absolute atomic E-state index is 0.0432. The summed E-state index contributed by atoms with van der Waals surface area (Å²) in [6.07, 6.45) is -4.99. The number of carbonyl (C=O) groups is 2. The second kappa shape index (κ2) is 6.78. The molecule has 0 heterocycles. The minimum Gasteiger partial charge on any atom is -0.484 e. The lowest BCUT2D eigenvalue weighted by atomic mass is 10.2. The highest BCUT2D eigenvalue weighted by molar-refractivity contribution is 5.92. The van der Waals surface area contributed by atoms with E-state index in [1.54, 1.807) is 0 Å². The van der Waals surface area contributed by atoms with Crippen molar-refractivity contribution in [2.24, 2.45) is 0 Å². The molecule has 20 heavy (non-hydrogen) atoms. The van der Waals surface area contributed by atoms with Gasteiger partial charge in [-0.2, -0.15) is 13.2 Å². The van der Waals surface area contributed by atoms with Crippen LogP contribution in [0.3, 0.4) is 0 Å². The summed E-state index contributed by atoms with van der Waals surface area (Å²) >= 11 is 0. The first-order valence-corrected chi connectivity index (χ1v) is 5.57. The summed E-state index contributed by atoms with van der Waals surface area (Å²) in [5, 5.41) is 10.8. The molecular weight excluding hydrogens is 279 g/mol. The number of nitrogens with one attached hydrogen (secondary N) is 1. The Bertz CT molecular complexity index is 488. The van der Waals surface area contributed by atoms with Crippen LogP contribution < -0.4 is 10.1 Å². The summed E-state index contributed by atoms with van der Waals surface area (Å²) in [4.78, 5) is 21.6. The number of carbonyl (C=O) groups excluding carboxylic acids is 1. The van der Waals surface area contributed by atoms with E-state index in [-0.39, 0.29) is 24.3 Å². The van der Waals surface area contributed by atoms with Gasteiger partial charge in [0.1, 0.15) is 5.75 Å². The van der Waals surface area contributed by atoms with E-state index in [9.17, 15) is 22.8 Å². The number of hydrogen-bond acceptors (Lipinski definition) is 3. The molecule has 0 saturated heterocycles. The van der Waals surface area contributed by atoms with Crippen molar-refractivity contribution in [3.63, 3.8) is 0 Å². The van der Waals surface area contributed by atoms with Gasteiger partial charge < -0.3 is 15.2 Å². The molecule has 5 nitrogen and oxygen atoms in total. The Morgan fingerprint density at radius 3 is 2.55 bits per heavy atom. The first-order valence-electron chi connectivity index (χ1n) is 5.57. The number of hydrogen-bond donors (Lipinski definition) is 2. The van der Waals surface area contributed by atoms with E-state index in [2.05, 4.69) is 10.1 Å². The smallest absolute Gasteiger partial charge is 0.422 e. The molecular formula is C12H12F3NO4. The Morgan fingerprint density at radius 2 is 1.95 bits per heavy atom. The summed E-state index contributed by atoms with van der Waals surface area (Å²) in [6, 6.07) is 5.42. The maximum absolute atomic E-state index is 12.0. The topological polar surface area (TPSA) is 75.6 Å². The maximum atomic E-state index is 12.0. The van der Waals surface area contributed by atoms with E-state index in [0.717, 1.165) is 0 Å². The number of ether oxygens (including phenoxy) is 1. The van der Waals surface area contributed by atoms with Gasteiger partial charge in [0.2, 0.25) is 5.91 Å². The molecule has 0 aliphatic heterocycles. The number of carboxylic acid groups (broad SMARTS) is 1. The molecule has 0 aliphatic rings. The van der Waals surface area contributed by atoms with Gasteiger partial charge in [0.15, 0.2) is 6.61 Å². The highest BCUT2D eigenvalue weighted by Gasteiger charge is 2.28. The van der Waals surface area contributed by atoms with E-state index < -0.39 is 24.7 Å². The Hall–Kier alpha value is -2.25. The molecule has 1 aromatic carbocycles. The highest BCUT2D eigenvalue weighted by atomic mass is 19.4. The quantitative estimate of drug-likeness (QED) is 0.844. The molecule has 8 heteroatoms. The van der Waals surface area contributed by atoms with Crippen molar-refractivity contribution in [2.75, 3.05) is 11.9 Å². The first-order chi connectivity index (χ1) is 9.26. The van der Waals surface area contributed by atoms with Crippen LogP contribution in [0, 0.1) is 0 Å². The zero-order valence-corrected chi connectivity index (χ0v) is 10.2. The number of carboxylic acids is 1. The lowest BCUT2D eigenvalue weighted by Gasteiger charge is -2.10. The van der Waals surface area contributed by atoms with Gasteiger partial charge in [-0.15, -0.1) is 0 Å². The van der Waals surface area contributed by atoms with Crippen LogP contribution in [0.1, 0.15) is 12.8 Å². The van der Waals surface area contributed by atoms with Gasteiger partial charge in [-0.05, 0) is 12.1 Å². The standard InChI is InChI=1S/C12H12F3NO4/c13-12(14,15)7-20-9-3-1-2-8(6-9)16-10(17)4-5-11(18)19/h1-3,6H,4-5,7H2,(H,16,17)(H,18,19).